The van der Waals surface area contributed by atoms with Crippen LogP contribution in [-0.4, -0.2) is 31.8 Å². The Morgan fingerprint density at radius 3 is 2.33 bits per heavy atom. The number of nitrogens with zero attached hydrogens (tertiary/aromatic N) is 1. The SMILES string of the molecule is CCCNc1nc(NCCCOC)c(F)cc1F. The van der Waals surface area contributed by atoms with Gasteiger partial charge in [-0.15, -0.1) is 0 Å². The van der Waals surface area contributed by atoms with Crippen LogP contribution in [0.1, 0.15) is 19.8 Å². The van der Waals surface area contributed by atoms with Gasteiger partial charge in [0.1, 0.15) is 0 Å². The molecule has 18 heavy (non-hydrogen) atoms. The number of aromatic nitrogens is 1. The first-order valence-electron chi connectivity index (χ1n) is 6.01. The van der Waals surface area contributed by atoms with Crippen LogP contribution in [0.3, 0.4) is 0 Å². The largest absolute Gasteiger partial charge is 0.385 e. The highest BCUT2D eigenvalue weighted by molar-refractivity contribution is 5.47. The Hall–Kier alpha value is -1.43. The summed E-state index contributed by atoms with van der Waals surface area (Å²) in [6.45, 7) is 3.66. The van der Waals surface area contributed by atoms with E-state index in [2.05, 4.69) is 15.6 Å². The molecule has 1 rings (SSSR count). The zero-order valence-electron chi connectivity index (χ0n) is 10.7. The number of ether oxygens (including phenoxy) is 1. The molecule has 102 valence electrons. The van der Waals surface area contributed by atoms with Crippen molar-refractivity contribution in [2.45, 2.75) is 19.8 Å². The molecule has 0 atom stereocenters. The molecule has 0 radical (unpaired) electrons. The molecule has 0 aliphatic rings. The fraction of sp³-hybridized carbons (Fsp3) is 0.583. The number of hydrogen-bond donors (Lipinski definition) is 2. The normalized spacial score (nSPS) is 10.4. The number of hydrogen-bond acceptors (Lipinski definition) is 4. The quantitative estimate of drug-likeness (QED) is 0.704. The van der Waals surface area contributed by atoms with E-state index >= 15 is 0 Å². The summed E-state index contributed by atoms with van der Waals surface area (Å²) in [5.41, 5.74) is 0. The number of methoxy groups -OCH3 is 1. The van der Waals surface area contributed by atoms with E-state index in [-0.39, 0.29) is 11.6 Å². The minimum absolute atomic E-state index is 0.0612. The second-order valence-electron chi connectivity index (χ2n) is 3.85. The molecule has 1 aromatic heterocycles. The number of anilines is 2. The molecule has 0 aliphatic carbocycles. The van der Waals surface area contributed by atoms with Crippen LogP contribution in [0, 0.1) is 11.6 Å². The van der Waals surface area contributed by atoms with E-state index in [0.29, 0.717) is 19.7 Å². The molecule has 0 aliphatic heterocycles. The van der Waals surface area contributed by atoms with Crippen molar-refractivity contribution in [3.8, 4) is 0 Å². The Kier molecular flexibility index (Phi) is 6.35. The van der Waals surface area contributed by atoms with E-state index in [9.17, 15) is 8.78 Å². The Balaban J connectivity index is 2.65. The Morgan fingerprint density at radius 2 is 1.78 bits per heavy atom. The third-order valence-electron chi connectivity index (χ3n) is 2.29. The second kappa shape index (κ2) is 7.81. The highest BCUT2D eigenvalue weighted by atomic mass is 19.1. The number of rotatable bonds is 8. The van der Waals surface area contributed by atoms with Gasteiger partial charge >= 0.3 is 0 Å². The summed E-state index contributed by atoms with van der Waals surface area (Å²) in [4.78, 5) is 3.89. The Morgan fingerprint density at radius 1 is 1.17 bits per heavy atom. The van der Waals surface area contributed by atoms with Gasteiger partial charge in [-0.2, -0.15) is 0 Å². The lowest BCUT2D eigenvalue weighted by Gasteiger charge is -2.10. The van der Waals surface area contributed by atoms with Gasteiger partial charge in [0.2, 0.25) is 0 Å². The zero-order chi connectivity index (χ0) is 13.4. The second-order valence-corrected chi connectivity index (χ2v) is 3.85. The number of halogens is 2. The van der Waals surface area contributed by atoms with Crippen molar-refractivity contribution >= 4 is 11.6 Å². The van der Waals surface area contributed by atoms with Crippen LogP contribution < -0.4 is 10.6 Å². The van der Waals surface area contributed by atoms with Gasteiger partial charge in [0, 0.05) is 32.9 Å². The molecule has 0 saturated carbocycles. The molecule has 0 spiro atoms. The summed E-state index contributed by atoms with van der Waals surface area (Å²) >= 11 is 0. The van der Waals surface area contributed by atoms with Crippen LogP contribution in [0.25, 0.3) is 0 Å². The van der Waals surface area contributed by atoms with Gasteiger partial charge in [-0.1, -0.05) is 6.92 Å². The number of pyridine rings is 1. The van der Waals surface area contributed by atoms with Crippen molar-refractivity contribution in [1.82, 2.24) is 4.98 Å². The fourth-order valence-electron chi connectivity index (χ4n) is 1.38. The highest BCUT2D eigenvalue weighted by Gasteiger charge is 2.10. The lowest BCUT2D eigenvalue weighted by Crippen LogP contribution is -2.11. The van der Waals surface area contributed by atoms with Crippen molar-refractivity contribution in [3.05, 3.63) is 17.7 Å². The molecular formula is C12H19F2N3O. The van der Waals surface area contributed by atoms with E-state index in [1.807, 2.05) is 6.92 Å². The van der Waals surface area contributed by atoms with Gasteiger partial charge in [-0.05, 0) is 12.8 Å². The first kappa shape index (κ1) is 14.6. The summed E-state index contributed by atoms with van der Waals surface area (Å²) in [6.07, 6.45) is 1.57. The third kappa shape index (κ3) is 4.44. The van der Waals surface area contributed by atoms with Gasteiger partial charge < -0.3 is 15.4 Å². The lowest BCUT2D eigenvalue weighted by atomic mass is 10.3. The minimum Gasteiger partial charge on any atom is -0.385 e. The molecule has 1 aromatic rings. The fourth-order valence-corrected chi connectivity index (χ4v) is 1.38. The summed E-state index contributed by atoms with van der Waals surface area (Å²) in [6, 6.07) is 0.837. The van der Waals surface area contributed by atoms with Gasteiger partial charge in [0.15, 0.2) is 23.3 Å². The molecule has 0 amide bonds. The maximum atomic E-state index is 13.4. The average Bonchev–Trinajstić information content (AvgIpc) is 2.35. The molecule has 0 fully saturated rings. The summed E-state index contributed by atoms with van der Waals surface area (Å²) < 4.78 is 31.7. The van der Waals surface area contributed by atoms with E-state index in [1.54, 1.807) is 7.11 Å². The minimum atomic E-state index is -0.688. The van der Waals surface area contributed by atoms with Crippen LogP contribution in [0.5, 0.6) is 0 Å². The van der Waals surface area contributed by atoms with Crippen molar-refractivity contribution in [2.75, 3.05) is 37.4 Å². The molecule has 6 heteroatoms. The molecule has 0 aromatic carbocycles. The molecule has 0 unspecified atom stereocenters. The Bertz CT molecular complexity index is 375. The van der Waals surface area contributed by atoms with Crippen molar-refractivity contribution in [3.63, 3.8) is 0 Å². The van der Waals surface area contributed by atoms with Crippen LogP contribution in [0.2, 0.25) is 0 Å². The predicted octanol–water partition coefficient (Wildman–Crippen LogP) is 2.63. The van der Waals surface area contributed by atoms with Crippen molar-refractivity contribution in [2.24, 2.45) is 0 Å². The van der Waals surface area contributed by atoms with Crippen molar-refractivity contribution < 1.29 is 13.5 Å². The average molecular weight is 259 g/mol. The first-order valence-corrected chi connectivity index (χ1v) is 6.01. The molecule has 1 heterocycles. The molecule has 0 saturated heterocycles. The maximum Gasteiger partial charge on any atom is 0.168 e. The highest BCUT2D eigenvalue weighted by Crippen LogP contribution is 2.18. The Labute approximate surface area is 106 Å². The van der Waals surface area contributed by atoms with Crippen LogP contribution in [0.4, 0.5) is 20.4 Å². The predicted molar refractivity (Wildman–Crippen MR) is 67.9 cm³/mol. The van der Waals surface area contributed by atoms with Gasteiger partial charge in [0.25, 0.3) is 0 Å². The van der Waals surface area contributed by atoms with E-state index < -0.39 is 11.6 Å². The van der Waals surface area contributed by atoms with Crippen LogP contribution in [-0.2, 0) is 4.74 Å². The zero-order valence-corrected chi connectivity index (χ0v) is 10.7. The lowest BCUT2D eigenvalue weighted by molar-refractivity contribution is 0.197. The molecule has 4 nitrogen and oxygen atoms in total. The van der Waals surface area contributed by atoms with Crippen LogP contribution in [0.15, 0.2) is 6.07 Å². The molecule has 2 N–H and O–H groups in total. The monoisotopic (exact) mass is 259 g/mol. The van der Waals surface area contributed by atoms with Gasteiger partial charge in [-0.25, -0.2) is 13.8 Å². The maximum absolute atomic E-state index is 13.4. The smallest absolute Gasteiger partial charge is 0.168 e. The van der Waals surface area contributed by atoms with Gasteiger partial charge in [-0.3, -0.25) is 0 Å². The van der Waals surface area contributed by atoms with E-state index in [4.69, 9.17) is 4.74 Å². The molecular weight excluding hydrogens is 240 g/mol. The van der Waals surface area contributed by atoms with E-state index in [0.717, 1.165) is 18.9 Å². The van der Waals surface area contributed by atoms with E-state index in [1.165, 1.54) is 0 Å². The standard InChI is InChI=1S/C12H19F2N3O/c1-3-5-15-11-9(13)8-10(14)12(17-11)16-6-4-7-18-2/h8H,3-7H2,1-2H3,(H2,15,16,17). The number of nitrogens with one attached hydrogen (secondary N) is 2. The third-order valence-corrected chi connectivity index (χ3v) is 2.29. The topological polar surface area (TPSA) is 46.2 Å². The molecule has 0 bridgehead atoms. The van der Waals surface area contributed by atoms with Gasteiger partial charge in [0.05, 0.1) is 0 Å². The summed E-state index contributed by atoms with van der Waals surface area (Å²) in [5, 5.41) is 5.63. The van der Waals surface area contributed by atoms with Crippen molar-refractivity contribution in [1.29, 1.82) is 0 Å². The summed E-state index contributed by atoms with van der Waals surface area (Å²) in [5.74, 6) is -1.23. The first-order chi connectivity index (χ1) is 8.69. The summed E-state index contributed by atoms with van der Waals surface area (Å²) in [7, 11) is 1.60. The van der Waals surface area contributed by atoms with Crippen LogP contribution >= 0.6 is 0 Å².